The Kier molecular flexibility index (Phi) is 4.59. The van der Waals surface area contributed by atoms with Gasteiger partial charge in [-0.1, -0.05) is 0 Å². The fraction of sp³-hybridized carbons (Fsp3) is 0.889. The standard InChI is InChI=1S/C9H17NO2S/c1-2-12-7-6-10-5-3-4-8(13)9(10)11/h8,13H,2-7H2,1H3. The minimum absolute atomic E-state index is 0.0876. The van der Waals surface area contributed by atoms with Crippen LogP contribution in [0.5, 0.6) is 0 Å². The third-order valence-corrected chi connectivity index (χ3v) is 2.69. The highest BCUT2D eigenvalue weighted by Crippen LogP contribution is 2.15. The zero-order valence-electron chi connectivity index (χ0n) is 8.03. The van der Waals surface area contributed by atoms with Crippen LogP contribution in [0.1, 0.15) is 19.8 Å². The lowest BCUT2D eigenvalue weighted by Gasteiger charge is -2.29. The molecule has 1 rings (SSSR count). The molecule has 0 bridgehead atoms. The van der Waals surface area contributed by atoms with Crippen LogP contribution in [0.25, 0.3) is 0 Å². The number of carbonyl (C=O) groups excluding carboxylic acids is 1. The van der Waals surface area contributed by atoms with Gasteiger partial charge < -0.3 is 9.64 Å². The predicted molar refractivity (Wildman–Crippen MR) is 55.1 cm³/mol. The maximum Gasteiger partial charge on any atom is 0.235 e. The van der Waals surface area contributed by atoms with Crippen molar-refractivity contribution in [2.75, 3.05) is 26.3 Å². The highest BCUT2D eigenvalue weighted by molar-refractivity contribution is 7.81. The zero-order chi connectivity index (χ0) is 9.68. The van der Waals surface area contributed by atoms with Crippen molar-refractivity contribution >= 4 is 18.5 Å². The van der Waals surface area contributed by atoms with Crippen molar-refractivity contribution in [1.82, 2.24) is 4.90 Å². The number of thiol groups is 1. The van der Waals surface area contributed by atoms with E-state index in [1.165, 1.54) is 0 Å². The molecule has 0 aliphatic carbocycles. The van der Waals surface area contributed by atoms with Crippen LogP contribution >= 0.6 is 12.6 Å². The smallest absolute Gasteiger partial charge is 0.235 e. The van der Waals surface area contributed by atoms with Gasteiger partial charge in [-0.15, -0.1) is 0 Å². The number of hydrogen-bond donors (Lipinski definition) is 1. The molecule has 0 aromatic carbocycles. The molecule has 0 saturated carbocycles. The number of nitrogens with zero attached hydrogens (tertiary/aromatic N) is 1. The van der Waals surface area contributed by atoms with Crippen LogP contribution in [0, 0.1) is 0 Å². The number of rotatable bonds is 4. The lowest BCUT2D eigenvalue weighted by atomic mass is 10.1. The maximum atomic E-state index is 11.5. The van der Waals surface area contributed by atoms with Gasteiger partial charge in [0.25, 0.3) is 0 Å². The topological polar surface area (TPSA) is 29.5 Å². The fourth-order valence-electron chi connectivity index (χ4n) is 1.46. The Bertz CT molecular complexity index is 175. The van der Waals surface area contributed by atoms with Gasteiger partial charge in [-0.2, -0.15) is 12.6 Å². The summed E-state index contributed by atoms with van der Waals surface area (Å²) in [6.07, 6.45) is 1.97. The number of piperidine rings is 1. The van der Waals surface area contributed by atoms with Crippen LogP contribution in [0.15, 0.2) is 0 Å². The Balaban J connectivity index is 2.27. The summed E-state index contributed by atoms with van der Waals surface area (Å²) in [6, 6.07) is 0. The summed E-state index contributed by atoms with van der Waals surface area (Å²) in [7, 11) is 0. The molecule has 0 aromatic heterocycles. The summed E-state index contributed by atoms with van der Waals surface area (Å²) < 4.78 is 5.20. The molecule has 1 atom stereocenters. The molecule has 0 N–H and O–H groups in total. The van der Waals surface area contributed by atoms with E-state index in [0.717, 1.165) is 19.4 Å². The molecule has 1 fully saturated rings. The van der Waals surface area contributed by atoms with Gasteiger partial charge in [0.2, 0.25) is 5.91 Å². The summed E-state index contributed by atoms with van der Waals surface area (Å²) in [5.74, 6) is 0.161. The van der Waals surface area contributed by atoms with Crippen LogP contribution in [0.3, 0.4) is 0 Å². The van der Waals surface area contributed by atoms with E-state index >= 15 is 0 Å². The second kappa shape index (κ2) is 5.50. The van der Waals surface area contributed by atoms with Crippen molar-refractivity contribution in [1.29, 1.82) is 0 Å². The van der Waals surface area contributed by atoms with E-state index in [1.54, 1.807) is 0 Å². The van der Waals surface area contributed by atoms with Gasteiger partial charge in [-0.25, -0.2) is 0 Å². The van der Waals surface area contributed by atoms with E-state index < -0.39 is 0 Å². The first-order chi connectivity index (χ1) is 6.25. The second-order valence-corrected chi connectivity index (χ2v) is 3.80. The Morgan fingerprint density at radius 2 is 2.46 bits per heavy atom. The van der Waals surface area contributed by atoms with Gasteiger partial charge in [0.05, 0.1) is 11.9 Å². The lowest BCUT2D eigenvalue weighted by Crippen LogP contribution is -2.43. The Hall–Kier alpha value is -0.220. The number of ether oxygens (including phenoxy) is 1. The van der Waals surface area contributed by atoms with Crippen LogP contribution in [-0.2, 0) is 9.53 Å². The molecular formula is C9H17NO2S. The summed E-state index contributed by atoms with van der Waals surface area (Å²) in [5.41, 5.74) is 0. The molecule has 0 spiro atoms. The second-order valence-electron chi connectivity index (χ2n) is 3.18. The molecule has 3 nitrogen and oxygen atoms in total. The molecule has 1 aliphatic heterocycles. The molecule has 0 aromatic rings. The number of hydrogen-bond acceptors (Lipinski definition) is 3. The fourth-order valence-corrected chi connectivity index (χ4v) is 1.81. The van der Waals surface area contributed by atoms with Gasteiger partial charge in [-0.05, 0) is 19.8 Å². The first kappa shape index (κ1) is 10.9. The Labute approximate surface area is 84.8 Å². The highest BCUT2D eigenvalue weighted by atomic mass is 32.1. The van der Waals surface area contributed by atoms with Crippen molar-refractivity contribution in [2.45, 2.75) is 25.0 Å². The molecule has 1 amide bonds. The van der Waals surface area contributed by atoms with Crippen molar-refractivity contribution in [3.63, 3.8) is 0 Å². The van der Waals surface area contributed by atoms with E-state index in [9.17, 15) is 4.79 Å². The normalized spacial score (nSPS) is 23.7. The van der Waals surface area contributed by atoms with Gasteiger partial charge in [-0.3, -0.25) is 4.79 Å². The first-order valence-electron chi connectivity index (χ1n) is 4.80. The lowest BCUT2D eigenvalue weighted by molar-refractivity contribution is -0.133. The van der Waals surface area contributed by atoms with Crippen LogP contribution in [0.4, 0.5) is 0 Å². The third kappa shape index (κ3) is 3.19. The molecule has 1 saturated heterocycles. The van der Waals surface area contributed by atoms with Crippen molar-refractivity contribution < 1.29 is 9.53 Å². The molecule has 76 valence electrons. The zero-order valence-corrected chi connectivity index (χ0v) is 8.93. The monoisotopic (exact) mass is 203 g/mol. The summed E-state index contributed by atoms with van der Waals surface area (Å²) in [6.45, 7) is 4.89. The van der Waals surface area contributed by atoms with Gasteiger partial charge in [0.1, 0.15) is 0 Å². The maximum absolute atomic E-state index is 11.5. The average molecular weight is 203 g/mol. The molecular weight excluding hydrogens is 186 g/mol. The quantitative estimate of drug-likeness (QED) is 0.544. The van der Waals surface area contributed by atoms with Crippen LogP contribution in [-0.4, -0.2) is 42.4 Å². The van der Waals surface area contributed by atoms with Gasteiger partial charge in [0, 0.05) is 19.7 Å². The van der Waals surface area contributed by atoms with E-state index in [4.69, 9.17) is 4.74 Å². The predicted octanol–water partition coefficient (Wildman–Crippen LogP) is 0.944. The van der Waals surface area contributed by atoms with E-state index in [1.807, 2.05) is 11.8 Å². The minimum atomic E-state index is -0.0876. The molecule has 1 unspecified atom stereocenters. The summed E-state index contributed by atoms with van der Waals surface area (Å²) >= 11 is 4.23. The summed E-state index contributed by atoms with van der Waals surface area (Å²) in [5, 5.41) is -0.0876. The first-order valence-corrected chi connectivity index (χ1v) is 5.32. The van der Waals surface area contributed by atoms with Crippen molar-refractivity contribution in [3.05, 3.63) is 0 Å². The summed E-state index contributed by atoms with van der Waals surface area (Å²) in [4.78, 5) is 13.4. The third-order valence-electron chi connectivity index (χ3n) is 2.21. The Morgan fingerprint density at radius 1 is 1.69 bits per heavy atom. The van der Waals surface area contributed by atoms with E-state index in [-0.39, 0.29) is 11.2 Å². The number of amides is 1. The SMILES string of the molecule is CCOCCN1CCCC(S)C1=O. The molecule has 0 radical (unpaired) electrons. The largest absolute Gasteiger partial charge is 0.380 e. The van der Waals surface area contributed by atoms with Gasteiger partial charge in [0.15, 0.2) is 0 Å². The van der Waals surface area contributed by atoms with Crippen LogP contribution < -0.4 is 0 Å². The Morgan fingerprint density at radius 3 is 3.15 bits per heavy atom. The molecule has 1 aliphatic rings. The van der Waals surface area contributed by atoms with Crippen molar-refractivity contribution in [3.8, 4) is 0 Å². The highest BCUT2D eigenvalue weighted by Gasteiger charge is 2.25. The van der Waals surface area contributed by atoms with E-state index in [2.05, 4.69) is 12.6 Å². The van der Waals surface area contributed by atoms with Crippen LogP contribution in [0.2, 0.25) is 0 Å². The van der Waals surface area contributed by atoms with Gasteiger partial charge >= 0.3 is 0 Å². The number of carbonyl (C=O) groups is 1. The van der Waals surface area contributed by atoms with E-state index in [0.29, 0.717) is 19.8 Å². The molecule has 13 heavy (non-hydrogen) atoms. The molecule has 1 heterocycles. The molecule has 4 heteroatoms. The number of likely N-dealkylation sites (tertiary alicyclic amines) is 1. The average Bonchev–Trinajstić information content (AvgIpc) is 2.13. The minimum Gasteiger partial charge on any atom is -0.380 e. The van der Waals surface area contributed by atoms with Crippen molar-refractivity contribution in [2.24, 2.45) is 0 Å².